The summed E-state index contributed by atoms with van der Waals surface area (Å²) in [6.45, 7) is 6.32. The Kier molecular flexibility index (Phi) is 4.51. The number of pyridine rings is 1. The van der Waals surface area contributed by atoms with Crippen molar-refractivity contribution in [2.75, 3.05) is 19.6 Å². The molecular formula is C18H25N3. The second kappa shape index (κ2) is 6.54. The summed E-state index contributed by atoms with van der Waals surface area (Å²) < 4.78 is 0. The van der Waals surface area contributed by atoms with E-state index in [-0.39, 0.29) is 0 Å². The van der Waals surface area contributed by atoms with Gasteiger partial charge in [-0.1, -0.05) is 12.1 Å². The number of benzene rings is 1. The molecule has 2 aromatic rings. The van der Waals surface area contributed by atoms with Crippen molar-refractivity contribution in [3.8, 4) is 0 Å². The first-order valence-electron chi connectivity index (χ1n) is 8.03. The summed E-state index contributed by atoms with van der Waals surface area (Å²) in [5.41, 5.74) is 9.27. The maximum atomic E-state index is 5.71. The molecule has 2 heterocycles. The Hall–Kier alpha value is -1.45. The summed E-state index contributed by atoms with van der Waals surface area (Å²) in [5, 5.41) is 1.24. The standard InChI is InChI=1S/C18H25N3/c1-14-4-6-17-11-16(5-7-18(17)20-14)13-21-10-2-3-15(12-21)8-9-19/h4-7,11,15H,2-3,8-10,12-13,19H2,1H3. The minimum Gasteiger partial charge on any atom is -0.330 e. The van der Waals surface area contributed by atoms with Gasteiger partial charge in [0.1, 0.15) is 0 Å². The molecule has 21 heavy (non-hydrogen) atoms. The second-order valence-electron chi connectivity index (χ2n) is 6.30. The number of nitrogens with two attached hydrogens (primary N) is 1. The molecule has 0 saturated carbocycles. The molecule has 0 bridgehead atoms. The number of aryl methyl sites for hydroxylation is 1. The Labute approximate surface area is 127 Å². The first kappa shape index (κ1) is 14.5. The highest BCUT2D eigenvalue weighted by molar-refractivity contribution is 5.79. The number of piperidine rings is 1. The molecule has 112 valence electrons. The lowest BCUT2D eigenvalue weighted by Crippen LogP contribution is -2.35. The van der Waals surface area contributed by atoms with Crippen LogP contribution < -0.4 is 5.73 Å². The highest BCUT2D eigenvalue weighted by Gasteiger charge is 2.19. The largest absolute Gasteiger partial charge is 0.330 e. The molecule has 1 aliphatic rings. The molecule has 1 aromatic heterocycles. The van der Waals surface area contributed by atoms with Crippen molar-refractivity contribution in [2.24, 2.45) is 11.7 Å². The van der Waals surface area contributed by atoms with Gasteiger partial charge in [-0.25, -0.2) is 0 Å². The molecular weight excluding hydrogens is 258 g/mol. The second-order valence-corrected chi connectivity index (χ2v) is 6.30. The summed E-state index contributed by atoms with van der Waals surface area (Å²) in [6, 6.07) is 10.9. The van der Waals surface area contributed by atoms with Crippen LogP contribution in [0.1, 0.15) is 30.5 Å². The van der Waals surface area contributed by atoms with E-state index in [4.69, 9.17) is 5.73 Å². The minimum atomic E-state index is 0.786. The third-order valence-corrected chi connectivity index (χ3v) is 4.48. The Morgan fingerprint density at radius 3 is 3.05 bits per heavy atom. The van der Waals surface area contributed by atoms with Crippen LogP contribution in [-0.2, 0) is 6.54 Å². The molecule has 3 heteroatoms. The lowest BCUT2D eigenvalue weighted by Gasteiger charge is -2.32. The van der Waals surface area contributed by atoms with Gasteiger partial charge >= 0.3 is 0 Å². The van der Waals surface area contributed by atoms with Crippen molar-refractivity contribution in [1.82, 2.24) is 9.88 Å². The molecule has 0 radical (unpaired) electrons. The molecule has 2 N–H and O–H groups in total. The van der Waals surface area contributed by atoms with Crippen LogP contribution >= 0.6 is 0 Å². The van der Waals surface area contributed by atoms with Crippen LogP contribution in [0.25, 0.3) is 10.9 Å². The average Bonchev–Trinajstić information content (AvgIpc) is 2.48. The smallest absolute Gasteiger partial charge is 0.0705 e. The van der Waals surface area contributed by atoms with Gasteiger partial charge < -0.3 is 5.73 Å². The molecule has 1 unspecified atom stereocenters. The van der Waals surface area contributed by atoms with Crippen molar-refractivity contribution in [3.05, 3.63) is 41.6 Å². The molecule has 1 atom stereocenters. The topological polar surface area (TPSA) is 42.1 Å². The zero-order valence-electron chi connectivity index (χ0n) is 12.9. The lowest BCUT2D eigenvalue weighted by atomic mass is 9.94. The van der Waals surface area contributed by atoms with Gasteiger partial charge in [0.25, 0.3) is 0 Å². The summed E-state index contributed by atoms with van der Waals surface area (Å²) in [5.74, 6) is 0.786. The molecule has 1 aliphatic heterocycles. The first-order valence-corrected chi connectivity index (χ1v) is 8.03. The quantitative estimate of drug-likeness (QED) is 0.937. The number of hydrogen-bond donors (Lipinski definition) is 1. The van der Waals surface area contributed by atoms with Crippen LogP contribution in [0.4, 0.5) is 0 Å². The zero-order chi connectivity index (χ0) is 14.7. The molecule has 3 rings (SSSR count). The lowest BCUT2D eigenvalue weighted by molar-refractivity contribution is 0.163. The Balaban J connectivity index is 1.71. The highest BCUT2D eigenvalue weighted by Crippen LogP contribution is 2.22. The van der Waals surface area contributed by atoms with E-state index in [1.807, 2.05) is 6.92 Å². The van der Waals surface area contributed by atoms with Crippen molar-refractivity contribution in [1.29, 1.82) is 0 Å². The number of fused-ring (bicyclic) bond motifs is 1. The molecule has 1 aromatic carbocycles. The number of hydrogen-bond acceptors (Lipinski definition) is 3. The fraction of sp³-hybridized carbons (Fsp3) is 0.500. The van der Waals surface area contributed by atoms with E-state index in [0.717, 1.165) is 36.6 Å². The van der Waals surface area contributed by atoms with E-state index in [1.165, 1.54) is 36.9 Å². The Bertz CT molecular complexity index is 606. The van der Waals surface area contributed by atoms with Crippen LogP contribution in [0.15, 0.2) is 30.3 Å². The third-order valence-electron chi connectivity index (χ3n) is 4.48. The van der Waals surface area contributed by atoms with Gasteiger partial charge in [-0.2, -0.15) is 0 Å². The molecule has 0 aliphatic carbocycles. The van der Waals surface area contributed by atoms with Gasteiger partial charge in [-0.15, -0.1) is 0 Å². The van der Waals surface area contributed by atoms with Crippen molar-refractivity contribution >= 4 is 10.9 Å². The number of aromatic nitrogens is 1. The zero-order valence-corrected chi connectivity index (χ0v) is 12.9. The fourth-order valence-corrected chi connectivity index (χ4v) is 3.40. The highest BCUT2D eigenvalue weighted by atomic mass is 15.1. The van der Waals surface area contributed by atoms with Crippen LogP contribution in [0.3, 0.4) is 0 Å². The third kappa shape index (κ3) is 3.60. The Morgan fingerprint density at radius 1 is 1.29 bits per heavy atom. The van der Waals surface area contributed by atoms with Crippen molar-refractivity contribution < 1.29 is 0 Å². The van der Waals surface area contributed by atoms with Gasteiger partial charge in [0, 0.05) is 24.2 Å². The Morgan fingerprint density at radius 2 is 2.19 bits per heavy atom. The van der Waals surface area contributed by atoms with Crippen LogP contribution in [0.2, 0.25) is 0 Å². The predicted molar refractivity (Wildman–Crippen MR) is 88.2 cm³/mol. The van der Waals surface area contributed by atoms with E-state index in [1.54, 1.807) is 0 Å². The van der Waals surface area contributed by atoms with Crippen molar-refractivity contribution in [2.45, 2.75) is 32.7 Å². The summed E-state index contributed by atoms with van der Waals surface area (Å²) >= 11 is 0. The van der Waals surface area contributed by atoms with E-state index < -0.39 is 0 Å². The van der Waals surface area contributed by atoms with E-state index in [2.05, 4.69) is 40.2 Å². The van der Waals surface area contributed by atoms with E-state index >= 15 is 0 Å². The molecule has 1 fully saturated rings. The van der Waals surface area contributed by atoms with Gasteiger partial charge in [0.15, 0.2) is 0 Å². The number of nitrogens with zero attached hydrogens (tertiary/aromatic N) is 2. The van der Waals surface area contributed by atoms with E-state index in [9.17, 15) is 0 Å². The van der Waals surface area contributed by atoms with Gasteiger partial charge in [-0.3, -0.25) is 9.88 Å². The van der Waals surface area contributed by atoms with Gasteiger partial charge in [0.05, 0.1) is 5.52 Å². The SMILES string of the molecule is Cc1ccc2cc(CN3CCCC(CCN)C3)ccc2n1. The number of rotatable bonds is 4. The summed E-state index contributed by atoms with van der Waals surface area (Å²) in [4.78, 5) is 7.15. The average molecular weight is 283 g/mol. The van der Waals surface area contributed by atoms with Crippen LogP contribution in [0.5, 0.6) is 0 Å². The summed E-state index contributed by atoms with van der Waals surface area (Å²) in [6.07, 6.45) is 3.81. The van der Waals surface area contributed by atoms with Gasteiger partial charge in [0.2, 0.25) is 0 Å². The molecule has 1 saturated heterocycles. The normalized spacial score (nSPS) is 20.0. The number of likely N-dealkylation sites (tertiary alicyclic amines) is 1. The first-order chi connectivity index (χ1) is 10.2. The van der Waals surface area contributed by atoms with Crippen LogP contribution in [0, 0.1) is 12.8 Å². The fourth-order valence-electron chi connectivity index (χ4n) is 3.40. The molecule has 0 amide bonds. The maximum absolute atomic E-state index is 5.71. The maximum Gasteiger partial charge on any atom is 0.0705 e. The van der Waals surface area contributed by atoms with Crippen molar-refractivity contribution in [3.63, 3.8) is 0 Å². The van der Waals surface area contributed by atoms with Crippen LogP contribution in [-0.4, -0.2) is 29.5 Å². The minimum absolute atomic E-state index is 0.786. The van der Waals surface area contributed by atoms with Gasteiger partial charge in [-0.05, 0) is 69.0 Å². The van der Waals surface area contributed by atoms with E-state index in [0.29, 0.717) is 0 Å². The molecule has 3 nitrogen and oxygen atoms in total. The predicted octanol–water partition coefficient (Wildman–Crippen LogP) is 3.10. The monoisotopic (exact) mass is 283 g/mol. The molecule has 0 spiro atoms. The summed E-state index contributed by atoms with van der Waals surface area (Å²) in [7, 11) is 0.